The van der Waals surface area contributed by atoms with Gasteiger partial charge in [-0.2, -0.15) is 5.26 Å². The van der Waals surface area contributed by atoms with Crippen molar-refractivity contribution in [3.8, 4) is 6.07 Å². The predicted octanol–water partition coefficient (Wildman–Crippen LogP) is 0.811. The lowest BCUT2D eigenvalue weighted by molar-refractivity contribution is -0.141. The third-order valence-electron chi connectivity index (χ3n) is 2.79. The summed E-state index contributed by atoms with van der Waals surface area (Å²) in [5, 5.41) is 11.5. The number of nitrogens with one attached hydrogen (secondary N) is 1. The molecule has 7 heteroatoms. The van der Waals surface area contributed by atoms with Crippen LogP contribution in [0.5, 0.6) is 0 Å². The summed E-state index contributed by atoms with van der Waals surface area (Å²) >= 11 is 0. The Bertz CT molecular complexity index is 557. The van der Waals surface area contributed by atoms with E-state index in [0.29, 0.717) is 16.9 Å². The highest BCUT2D eigenvalue weighted by Gasteiger charge is 2.18. The van der Waals surface area contributed by atoms with Gasteiger partial charge in [-0.15, -0.1) is 0 Å². The van der Waals surface area contributed by atoms with E-state index in [1.54, 1.807) is 20.9 Å². The van der Waals surface area contributed by atoms with Crippen LogP contribution in [0.15, 0.2) is 4.42 Å². The van der Waals surface area contributed by atoms with Crippen molar-refractivity contribution in [2.24, 2.45) is 0 Å². The fourth-order valence-electron chi connectivity index (χ4n) is 1.60. The molecule has 0 aliphatic heterocycles. The number of methoxy groups -OCH3 is 1. The molecule has 0 saturated carbocycles. The molecule has 0 spiro atoms. The number of furan rings is 1. The first-order chi connectivity index (χ1) is 9.38. The number of carbonyl (C=O) groups excluding carboxylic acids is 2. The topological polar surface area (TPSA) is 95.6 Å². The Kier molecular flexibility index (Phi) is 5.29. The van der Waals surface area contributed by atoms with Crippen LogP contribution in [0, 0.1) is 25.2 Å². The molecule has 1 N–H and O–H groups in total. The van der Waals surface area contributed by atoms with Crippen molar-refractivity contribution >= 4 is 17.8 Å². The van der Waals surface area contributed by atoms with Crippen molar-refractivity contribution in [3.63, 3.8) is 0 Å². The van der Waals surface area contributed by atoms with Crippen molar-refractivity contribution in [2.45, 2.75) is 13.8 Å². The maximum atomic E-state index is 11.8. The molecule has 0 unspecified atom stereocenters. The van der Waals surface area contributed by atoms with Crippen molar-refractivity contribution in [2.75, 3.05) is 32.6 Å². The lowest BCUT2D eigenvalue weighted by atomic mass is 10.2. The molecule has 1 aromatic rings. The standard InChI is InChI=1S/C13H17N3O4/c1-8-9(2)20-13(10(8)5-14)15-11(17)6-16(3)7-12(18)19-4/h6-7H2,1-4H3,(H,15,17). The Balaban J connectivity index is 2.66. The van der Waals surface area contributed by atoms with E-state index < -0.39 is 5.97 Å². The highest BCUT2D eigenvalue weighted by Crippen LogP contribution is 2.25. The minimum absolute atomic E-state index is 0.00520. The first kappa shape index (κ1) is 15.7. The largest absolute Gasteiger partial charge is 0.468 e. The van der Waals surface area contributed by atoms with E-state index in [-0.39, 0.29) is 24.9 Å². The average molecular weight is 279 g/mol. The molecule has 1 aromatic heterocycles. The summed E-state index contributed by atoms with van der Waals surface area (Å²) in [5.74, 6) is -0.0805. The van der Waals surface area contributed by atoms with Gasteiger partial charge in [0.1, 0.15) is 17.4 Å². The highest BCUT2D eigenvalue weighted by atomic mass is 16.5. The molecule has 1 amide bonds. The molecule has 0 aliphatic rings. The minimum Gasteiger partial charge on any atom is -0.468 e. The molecule has 0 bridgehead atoms. The zero-order chi connectivity index (χ0) is 15.3. The summed E-state index contributed by atoms with van der Waals surface area (Å²) in [6, 6.07) is 1.99. The van der Waals surface area contributed by atoms with Crippen LogP contribution in [-0.2, 0) is 14.3 Å². The van der Waals surface area contributed by atoms with Crippen LogP contribution in [0.4, 0.5) is 5.88 Å². The number of nitrogens with zero attached hydrogens (tertiary/aromatic N) is 2. The number of likely N-dealkylation sites (N-methyl/N-ethyl adjacent to an activating group) is 1. The van der Waals surface area contributed by atoms with E-state index in [4.69, 9.17) is 9.68 Å². The smallest absolute Gasteiger partial charge is 0.319 e. The monoisotopic (exact) mass is 279 g/mol. The van der Waals surface area contributed by atoms with Gasteiger partial charge in [-0.3, -0.25) is 19.8 Å². The summed E-state index contributed by atoms with van der Waals surface area (Å²) in [4.78, 5) is 24.4. The Labute approximate surface area is 117 Å². The molecule has 1 heterocycles. The second-order valence-electron chi connectivity index (χ2n) is 4.40. The molecule has 7 nitrogen and oxygen atoms in total. The van der Waals surface area contributed by atoms with Gasteiger partial charge in [-0.1, -0.05) is 0 Å². The first-order valence-corrected chi connectivity index (χ1v) is 5.94. The lowest BCUT2D eigenvalue weighted by Gasteiger charge is -2.13. The van der Waals surface area contributed by atoms with Gasteiger partial charge in [0.25, 0.3) is 0 Å². The third kappa shape index (κ3) is 3.83. The molecule has 0 radical (unpaired) electrons. The number of anilines is 1. The number of carbonyl (C=O) groups is 2. The zero-order valence-electron chi connectivity index (χ0n) is 11.9. The summed E-state index contributed by atoms with van der Waals surface area (Å²) in [5.41, 5.74) is 1.01. The van der Waals surface area contributed by atoms with Gasteiger partial charge < -0.3 is 9.15 Å². The second-order valence-corrected chi connectivity index (χ2v) is 4.40. The van der Waals surface area contributed by atoms with Crippen molar-refractivity contribution < 1.29 is 18.7 Å². The Morgan fingerprint density at radius 2 is 2.05 bits per heavy atom. The number of aryl methyl sites for hydroxylation is 1. The van der Waals surface area contributed by atoms with Gasteiger partial charge in [0.2, 0.25) is 11.8 Å². The summed E-state index contributed by atoms with van der Waals surface area (Å²) in [6.45, 7) is 3.45. The second kappa shape index (κ2) is 6.73. The number of esters is 1. The molecule has 0 atom stereocenters. The van der Waals surface area contributed by atoms with Gasteiger partial charge >= 0.3 is 5.97 Å². The van der Waals surface area contributed by atoms with Crippen molar-refractivity contribution in [1.82, 2.24) is 4.90 Å². The Morgan fingerprint density at radius 1 is 1.40 bits per heavy atom. The number of hydrogen-bond acceptors (Lipinski definition) is 6. The van der Waals surface area contributed by atoms with E-state index >= 15 is 0 Å². The molecule has 20 heavy (non-hydrogen) atoms. The van der Waals surface area contributed by atoms with Gasteiger partial charge in [0.15, 0.2) is 0 Å². The molecular formula is C13H17N3O4. The van der Waals surface area contributed by atoms with E-state index in [1.165, 1.54) is 12.0 Å². The summed E-state index contributed by atoms with van der Waals surface area (Å²) in [7, 11) is 2.89. The van der Waals surface area contributed by atoms with Gasteiger partial charge in [-0.25, -0.2) is 0 Å². The minimum atomic E-state index is -0.428. The van der Waals surface area contributed by atoms with Gasteiger partial charge in [-0.05, 0) is 20.9 Å². The number of amides is 1. The maximum Gasteiger partial charge on any atom is 0.319 e. The van der Waals surface area contributed by atoms with Crippen LogP contribution in [0.1, 0.15) is 16.9 Å². The number of ether oxygens (including phenoxy) is 1. The van der Waals surface area contributed by atoms with E-state index in [1.807, 2.05) is 6.07 Å². The number of hydrogen-bond donors (Lipinski definition) is 1. The van der Waals surface area contributed by atoms with Crippen LogP contribution < -0.4 is 5.32 Å². The average Bonchev–Trinajstić information content (AvgIpc) is 2.63. The van der Waals surface area contributed by atoms with Crippen molar-refractivity contribution in [3.05, 3.63) is 16.9 Å². The molecule has 108 valence electrons. The Hall–Kier alpha value is -2.33. The van der Waals surface area contributed by atoms with Gasteiger partial charge in [0.05, 0.1) is 20.2 Å². The van der Waals surface area contributed by atoms with Crippen LogP contribution in [0.3, 0.4) is 0 Å². The normalized spacial score (nSPS) is 10.2. The quantitative estimate of drug-likeness (QED) is 0.801. The van der Waals surface area contributed by atoms with Crippen LogP contribution in [-0.4, -0.2) is 44.0 Å². The van der Waals surface area contributed by atoms with E-state index in [2.05, 4.69) is 10.1 Å². The molecule has 1 rings (SSSR count). The van der Waals surface area contributed by atoms with Gasteiger partial charge in [0, 0.05) is 5.56 Å². The Morgan fingerprint density at radius 3 is 2.60 bits per heavy atom. The summed E-state index contributed by atoms with van der Waals surface area (Å²) < 4.78 is 9.83. The molecule has 0 aliphatic carbocycles. The van der Waals surface area contributed by atoms with Crippen molar-refractivity contribution in [1.29, 1.82) is 5.26 Å². The van der Waals surface area contributed by atoms with Crippen LogP contribution in [0.2, 0.25) is 0 Å². The van der Waals surface area contributed by atoms with Crippen LogP contribution >= 0.6 is 0 Å². The highest BCUT2D eigenvalue weighted by molar-refractivity contribution is 5.92. The molecule has 0 aromatic carbocycles. The maximum absolute atomic E-state index is 11.8. The zero-order valence-corrected chi connectivity index (χ0v) is 11.9. The number of rotatable bonds is 5. The molecule has 0 saturated heterocycles. The predicted molar refractivity (Wildman–Crippen MR) is 71.0 cm³/mol. The number of nitriles is 1. The molecular weight excluding hydrogens is 262 g/mol. The fraction of sp³-hybridized carbons (Fsp3) is 0.462. The molecule has 0 fully saturated rings. The third-order valence-corrected chi connectivity index (χ3v) is 2.79. The summed E-state index contributed by atoms with van der Waals surface area (Å²) in [6.07, 6.45) is 0. The SMILES string of the molecule is COC(=O)CN(C)CC(=O)Nc1oc(C)c(C)c1C#N. The van der Waals surface area contributed by atoms with E-state index in [9.17, 15) is 9.59 Å². The lowest BCUT2D eigenvalue weighted by Crippen LogP contribution is -2.34. The first-order valence-electron chi connectivity index (χ1n) is 5.94. The fourth-order valence-corrected chi connectivity index (χ4v) is 1.60. The van der Waals surface area contributed by atoms with Crippen LogP contribution in [0.25, 0.3) is 0 Å². The van der Waals surface area contributed by atoms with E-state index in [0.717, 1.165) is 0 Å².